The summed E-state index contributed by atoms with van der Waals surface area (Å²) >= 11 is 0. The topological polar surface area (TPSA) is 32.3 Å². The van der Waals surface area contributed by atoms with Crippen LogP contribution in [-0.4, -0.2) is 23.3 Å². The lowest BCUT2D eigenvalue weighted by molar-refractivity contribution is 0.00138. The van der Waals surface area contributed by atoms with E-state index in [-0.39, 0.29) is 0 Å². The van der Waals surface area contributed by atoms with Gasteiger partial charge in [0, 0.05) is 12.6 Å². The van der Waals surface area contributed by atoms with Gasteiger partial charge in [0.15, 0.2) is 0 Å². The molecule has 2 aliphatic carbocycles. The normalized spacial score (nSPS) is 29.8. The second-order valence-corrected chi connectivity index (χ2v) is 6.04. The maximum atomic E-state index is 10.3. The van der Waals surface area contributed by atoms with Crippen molar-refractivity contribution in [3.05, 3.63) is 0 Å². The third kappa shape index (κ3) is 2.73. The lowest BCUT2D eigenvalue weighted by atomic mass is 9.84. The molecule has 2 fully saturated rings. The van der Waals surface area contributed by atoms with Gasteiger partial charge in [-0.1, -0.05) is 26.2 Å². The molecule has 2 heteroatoms. The summed E-state index contributed by atoms with van der Waals surface area (Å²) < 4.78 is 0. The van der Waals surface area contributed by atoms with Crippen molar-refractivity contribution < 1.29 is 5.11 Å². The summed E-state index contributed by atoms with van der Waals surface area (Å²) in [6, 6.07) is 0.559. The van der Waals surface area contributed by atoms with Crippen molar-refractivity contribution in [1.82, 2.24) is 5.32 Å². The fraction of sp³-hybridized carbons (Fsp3) is 1.00. The number of rotatable bonds is 4. The summed E-state index contributed by atoms with van der Waals surface area (Å²) in [7, 11) is 0. The molecule has 0 aromatic rings. The first kappa shape index (κ1) is 11.4. The van der Waals surface area contributed by atoms with Crippen molar-refractivity contribution in [2.24, 2.45) is 5.41 Å². The molecule has 0 aromatic heterocycles. The van der Waals surface area contributed by atoms with Crippen LogP contribution in [0.15, 0.2) is 0 Å². The predicted molar refractivity (Wildman–Crippen MR) is 62.8 cm³/mol. The van der Waals surface area contributed by atoms with Crippen molar-refractivity contribution in [1.29, 1.82) is 0 Å². The number of hydrogen-bond acceptors (Lipinski definition) is 2. The Hall–Kier alpha value is -0.0800. The molecule has 2 nitrogen and oxygen atoms in total. The zero-order valence-electron chi connectivity index (χ0n) is 10.2. The molecule has 0 aromatic carbocycles. The minimum atomic E-state index is -0.405. The summed E-state index contributed by atoms with van der Waals surface area (Å²) in [6.07, 6.45) is 8.37. The van der Waals surface area contributed by atoms with E-state index in [9.17, 15) is 5.11 Å². The second kappa shape index (κ2) is 4.06. The Bertz CT molecular complexity index is 217. The van der Waals surface area contributed by atoms with Gasteiger partial charge < -0.3 is 10.4 Å². The zero-order chi connectivity index (χ0) is 10.9. The molecular weight excluding hydrogens is 186 g/mol. The first-order chi connectivity index (χ1) is 7.04. The van der Waals surface area contributed by atoms with Crippen LogP contribution in [-0.2, 0) is 0 Å². The van der Waals surface area contributed by atoms with E-state index in [1.165, 1.54) is 32.1 Å². The molecule has 15 heavy (non-hydrogen) atoms. The Morgan fingerprint density at radius 2 is 1.73 bits per heavy atom. The highest BCUT2D eigenvalue weighted by molar-refractivity contribution is 4.98. The SMILES string of the molecule is CC(NCC1(O)CCCCC1)C1(C)CC1. The monoisotopic (exact) mass is 211 g/mol. The van der Waals surface area contributed by atoms with Crippen molar-refractivity contribution in [2.75, 3.05) is 6.54 Å². The standard InChI is InChI=1S/C13H25NO/c1-11(12(2)8-9-12)14-10-13(15)6-4-3-5-7-13/h11,14-15H,3-10H2,1-2H3. The molecule has 0 aliphatic heterocycles. The van der Waals surface area contributed by atoms with E-state index in [2.05, 4.69) is 19.2 Å². The average Bonchev–Trinajstić information content (AvgIpc) is 2.96. The van der Waals surface area contributed by atoms with Gasteiger partial charge in [0.1, 0.15) is 0 Å². The van der Waals surface area contributed by atoms with Crippen LogP contribution in [0, 0.1) is 5.41 Å². The Kier molecular flexibility index (Phi) is 3.09. The molecule has 0 amide bonds. The highest BCUT2D eigenvalue weighted by atomic mass is 16.3. The third-order valence-electron chi connectivity index (χ3n) is 4.61. The molecule has 0 bridgehead atoms. The van der Waals surface area contributed by atoms with Crippen molar-refractivity contribution >= 4 is 0 Å². The van der Waals surface area contributed by atoms with E-state index < -0.39 is 5.60 Å². The maximum absolute atomic E-state index is 10.3. The minimum absolute atomic E-state index is 0.405. The molecular formula is C13H25NO. The quantitative estimate of drug-likeness (QED) is 0.748. The van der Waals surface area contributed by atoms with E-state index in [0.717, 1.165) is 19.4 Å². The lowest BCUT2D eigenvalue weighted by Gasteiger charge is -2.34. The molecule has 2 saturated carbocycles. The van der Waals surface area contributed by atoms with Crippen LogP contribution in [0.2, 0.25) is 0 Å². The molecule has 1 unspecified atom stereocenters. The minimum Gasteiger partial charge on any atom is -0.389 e. The van der Waals surface area contributed by atoms with Gasteiger partial charge in [-0.2, -0.15) is 0 Å². The molecule has 0 radical (unpaired) electrons. The third-order valence-corrected chi connectivity index (χ3v) is 4.61. The van der Waals surface area contributed by atoms with Crippen LogP contribution in [0.5, 0.6) is 0 Å². The van der Waals surface area contributed by atoms with E-state index >= 15 is 0 Å². The molecule has 2 rings (SSSR count). The summed E-state index contributed by atoms with van der Waals surface area (Å²) in [5.74, 6) is 0. The van der Waals surface area contributed by atoms with Crippen molar-refractivity contribution in [3.8, 4) is 0 Å². The molecule has 2 aliphatic rings. The Morgan fingerprint density at radius 3 is 2.27 bits per heavy atom. The number of aliphatic hydroxyl groups is 1. The van der Waals surface area contributed by atoms with E-state index in [1.54, 1.807) is 0 Å². The van der Waals surface area contributed by atoms with Gasteiger partial charge >= 0.3 is 0 Å². The summed E-state index contributed by atoms with van der Waals surface area (Å²) in [5, 5.41) is 13.9. The molecule has 0 saturated heterocycles. The molecule has 0 heterocycles. The van der Waals surface area contributed by atoms with Crippen LogP contribution in [0.25, 0.3) is 0 Å². The van der Waals surface area contributed by atoms with Crippen LogP contribution in [0.3, 0.4) is 0 Å². The number of hydrogen-bond donors (Lipinski definition) is 2. The Labute approximate surface area is 93.5 Å². The van der Waals surface area contributed by atoms with Gasteiger partial charge in [-0.3, -0.25) is 0 Å². The van der Waals surface area contributed by atoms with Gasteiger partial charge in [0.05, 0.1) is 5.60 Å². The summed E-state index contributed by atoms with van der Waals surface area (Å²) in [6.45, 7) is 5.40. The lowest BCUT2D eigenvalue weighted by Crippen LogP contribution is -2.46. The molecule has 1 atom stereocenters. The van der Waals surface area contributed by atoms with Crippen molar-refractivity contribution in [2.45, 2.75) is 70.4 Å². The van der Waals surface area contributed by atoms with Gasteiger partial charge in [-0.05, 0) is 38.0 Å². The van der Waals surface area contributed by atoms with E-state index in [0.29, 0.717) is 11.5 Å². The summed E-state index contributed by atoms with van der Waals surface area (Å²) in [5.41, 5.74) is 0.114. The van der Waals surface area contributed by atoms with E-state index in [4.69, 9.17) is 0 Å². The Balaban J connectivity index is 1.76. The molecule has 0 spiro atoms. The van der Waals surface area contributed by atoms with Crippen LogP contribution >= 0.6 is 0 Å². The maximum Gasteiger partial charge on any atom is 0.0771 e. The van der Waals surface area contributed by atoms with Crippen LogP contribution in [0.1, 0.15) is 58.8 Å². The Morgan fingerprint density at radius 1 is 1.13 bits per heavy atom. The first-order valence-corrected chi connectivity index (χ1v) is 6.50. The predicted octanol–water partition coefficient (Wildman–Crippen LogP) is 2.46. The first-order valence-electron chi connectivity index (χ1n) is 6.50. The smallest absolute Gasteiger partial charge is 0.0771 e. The second-order valence-electron chi connectivity index (χ2n) is 6.04. The van der Waals surface area contributed by atoms with E-state index in [1.807, 2.05) is 0 Å². The summed E-state index contributed by atoms with van der Waals surface area (Å²) in [4.78, 5) is 0. The van der Waals surface area contributed by atoms with Gasteiger partial charge in [-0.25, -0.2) is 0 Å². The van der Waals surface area contributed by atoms with Gasteiger partial charge in [0.25, 0.3) is 0 Å². The van der Waals surface area contributed by atoms with Crippen LogP contribution < -0.4 is 5.32 Å². The highest BCUT2D eigenvalue weighted by Crippen LogP contribution is 2.48. The van der Waals surface area contributed by atoms with Crippen LogP contribution in [0.4, 0.5) is 0 Å². The van der Waals surface area contributed by atoms with Gasteiger partial charge in [0.2, 0.25) is 0 Å². The average molecular weight is 211 g/mol. The largest absolute Gasteiger partial charge is 0.389 e. The highest BCUT2D eigenvalue weighted by Gasteiger charge is 2.43. The molecule has 2 N–H and O–H groups in total. The zero-order valence-corrected chi connectivity index (χ0v) is 10.2. The fourth-order valence-electron chi connectivity index (χ4n) is 2.61. The van der Waals surface area contributed by atoms with Gasteiger partial charge in [-0.15, -0.1) is 0 Å². The van der Waals surface area contributed by atoms with Crippen molar-refractivity contribution in [3.63, 3.8) is 0 Å². The number of nitrogens with one attached hydrogen (secondary N) is 1. The molecule has 88 valence electrons. The fourth-order valence-corrected chi connectivity index (χ4v) is 2.61.